The molecule has 1 heteroatoms. The highest BCUT2D eigenvalue weighted by Crippen LogP contribution is 2.50. The molecular weight excluding hydrogens is 230 g/mol. The first-order valence-corrected chi connectivity index (χ1v) is 9.06. The molecule has 3 unspecified atom stereocenters. The Morgan fingerprint density at radius 3 is 2.26 bits per heavy atom. The zero-order chi connectivity index (χ0) is 12.7. The Hall–Kier alpha value is -0.0400. The molecule has 1 spiro atoms. The molecule has 0 radical (unpaired) electrons. The molecule has 3 atom stereocenters. The molecule has 0 aromatic heterocycles. The van der Waals surface area contributed by atoms with Gasteiger partial charge in [0, 0.05) is 6.04 Å². The Morgan fingerprint density at radius 2 is 1.63 bits per heavy atom. The minimum atomic E-state index is 0.810. The SMILES string of the molecule is C1CCC2(C1)CCC(NCC1CC3CCC1C3)CC2. The van der Waals surface area contributed by atoms with Gasteiger partial charge in [0.2, 0.25) is 0 Å². The molecule has 4 saturated carbocycles. The van der Waals surface area contributed by atoms with E-state index in [0.717, 1.165) is 29.2 Å². The normalized spacial score (nSPS) is 41.4. The predicted octanol–water partition coefficient (Wildman–Crippen LogP) is 4.52. The van der Waals surface area contributed by atoms with Crippen molar-refractivity contribution in [1.29, 1.82) is 0 Å². The summed E-state index contributed by atoms with van der Waals surface area (Å²) < 4.78 is 0. The van der Waals surface area contributed by atoms with Gasteiger partial charge >= 0.3 is 0 Å². The van der Waals surface area contributed by atoms with Gasteiger partial charge in [-0.25, -0.2) is 0 Å². The van der Waals surface area contributed by atoms with Gasteiger partial charge in [-0.1, -0.05) is 19.3 Å². The Morgan fingerprint density at radius 1 is 0.842 bits per heavy atom. The van der Waals surface area contributed by atoms with Gasteiger partial charge in [0.05, 0.1) is 0 Å². The summed E-state index contributed by atoms with van der Waals surface area (Å²) in [5.41, 5.74) is 0.810. The summed E-state index contributed by atoms with van der Waals surface area (Å²) in [5, 5.41) is 3.95. The van der Waals surface area contributed by atoms with Crippen molar-refractivity contribution in [2.75, 3.05) is 6.54 Å². The van der Waals surface area contributed by atoms with E-state index in [-0.39, 0.29) is 0 Å². The van der Waals surface area contributed by atoms with Crippen LogP contribution in [-0.4, -0.2) is 12.6 Å². The van der Waals surface area contributed by atoms with Gasteiger partial charge in [-0.2, -0.15) is 0 Å². The van der Waals surface area contributed by atoms with Gasteiger partial charge in [-0.3, -0.25) is 0 Å². The van der Waals surface area contributed by atoms with E-state index in [1.807, 2.05) is 0 Å². The van der Waals surface area contributed by atoms with Crippen LogP contribution in [0.2, 0.25) is 0 Å². The average molecular weight is 261 g/mol. The largest absolute Gasteiger partial charge is 0.314 e. The second-order valence-electron chi connectivity index (χ2n) is 8.32. The van der Waals surface area contributed by atoms with Crippen molar-refractivity contribution in [2.45, 2.75) is 83.1 Å². The fourth-order valence-electron chi connectivity index (χ4n) is 6.00. The molecule has 108 valence electrons. The third-order valence-corrected chi connectivity index (χ3v) is 7.26. The summed E-state index contributed by atoms with van der Waals surface area (Å²) in [6.07, 6.45) is 18.3. The molecule has 0 heterocycles. The quantitative estimate of drug-likeness (QED) is 0.788. The molecular formula is C18H31N. The second-order valence-corrected chi connectivity index (χ2v) is 8.32. The van der Waals surface area contributed by atoms with E-state index in [0.29, 0.717) is 0 Å². The highest BCUT2D eigenvalue weighted by atomic mass is 14.9. The van der Waals surface area contributed by atoms with E-state index in [4.69, 9.17) is 0 Å². The highest BCUT2D eigenvalue weighted by Gasteiger charge is 2.40. The van der Waals surface area contributed by atoms with E-state index < -0.39 is 0 Å². The third kappa shape index (κ3) is 2.48. The minimum Gasteiger partial charge on any atom is -0.314 e. The smallest absolute Gasteiger partial charge is 0.00675 e. The van der Waals surface area contributed by atoms with Gasteiger partial charge in [0.25, 0.3) is 0 Å². The van der Waals surface area contributed by atoms with E-state index in [1.54, 1.807) is 38.5 Å². The number of fused-ring (bicyclic) bond motifs is 2. The van der Waals surface area contributed by atoms with Crippen LogP contribution in [0.3, 0.4) is 0 Å². The molecule has 0 saturated heterocycles. The van der Waals surface area contributed by atoms with E-state index in [1.165, 1.54) is 45.1 Å². The van der Waals surface area contributed by atoms with Gasteiger partial charge in [0.15, 0.2) is 0 Å². The number of hydrogen-bond acceptors (Lipinski definition) is 1. The summed E-state index contributed by atoms with van der Waals surface area (Å²) >= 11 is 0. The lowest BCUT2D eigenvalue weighted by molar-refractivity contribution is 0.163. The lowest BCUT2D eigenvalue weighted by Crippen LogP contribution is -2.39. The average Bonchev–Trinajstić information content (AvgIpc) is 3.15. The van der Waals surface area contributed by atoms with Crippen molar-refractivity contribution in [3.8, 4) is 0 Å². The van der Waals surface area contributed by atoms with Crippen LogP contribution in [0, 0.1) is 23.2 Å². The van der Waals surface area contributed by atoms with Crippen LogP contribution in [0.4, 0.5) is 0 Å². The molecule has 19 heavy (non-hydrogen) atoms. The second kappa shape index (κ2) is 5.06. The van der Waals surface area contributed by atoms with E-state index in [9.17, 15) is 0 Å². The van der Waals surface area contributed by atoms with Crippen LogP contribution in [0.25, 0.3) is 0 Å². The maximum Gasteiger partial charge on any atom is 0.00675 e. The van der Waals surface area contributed by atoms with Crippen LogP contribution in [0.15, 0.2) is 0 Å². The van der Waals surface area contributed by atoms with Crippen LogP contribution in [-0.2, 0) is 0 Å². The summed E-state index contributed by atoms with van der Waals surface area (Å²) in [4.78, 5) is 0. The maximum atomic E-state index is 3.95. The van der Waals surface area contributed by atoms with Gasteiger partial charge in [0.1, 0.15) is 0 Å². The first-order chi connectivity index (χ1) is 9.33. The number of nitrogens with one attached hydrogen (secondary N) is 1. The maximum absolute atomic E-state index is 3.95. The fraction of sp³-hybridized carbons (Fsp3) is 1.00. The standard InChI is InChI=1S/C18H31N/c1-2-8-18(7-1)9-5-17(6-10-18)19-13-16-12-14-3-4-15(16)11-14/h14-17,19H,1-13H2. The van der Waals surface area contributed by atoms with Crippen LogP contribution >= 0.6 is 0 Å². The van der Waals surface area contributed by atoms with Crippen molar-refractivity contribution in [3.05, 3.63) is 0 Å². The summed E-state index contributed by atoms with van der Waals surface area (Å²) in [6.45, 7) is 1.35. The van der Waals surface area contributed by atoms with Crippen molar-refractivity contribution >= 4 is 0 Å². The first kappa shape index (κ1) is 12.7. The number of rotatable bonds is 3. The Bertz CT molecular complexity index is 308. The molecule has 4 aliphatic carbocycles. The van der Waals surface area contributed by atoms with Crippen LogP contribution < -0.4 is 5.32 Å². The molecule has 4 aliphatic rings. The van der Waals surface area contributed by atoms with Crippen molar-refractivity contribution in [3.63, 3.8) is 0 Å². The number of hydrogen-bond donors (Lipinski definition) is 1. The lowest BCUT2D eigenvalue weighted by Gasteiger charge is -2.38. The third-order valence-electron chi connectivity index (χ3n) is 7.26. The monoisotopic (exact) mass is 261 g/mol. The Labute approximate surface area is 118 Å². The van der Waals surface area contributed by atoms with Crippen molar-refractivity contribution in [2.24, 2.45) is 23.2 Å². The topological polar surface area (TPSA) is 12.0 Å². The van der Waals surface area contributed by atoms with Crippen LogP contribution in [0.5, 0.6) is 0 Å². The molecule has 0 aliphatic heterocycles. The zero-order valence-electron chi connectivity index (χ0n) is 12.5. The van der Waals surface area contributed by atoms with Crippen LogP contribution in [0.1, 0.15) is 77.0 Å². The highest BCUT2D eigenvalue weighted by molar-refractivity contribution is 4.94. The Balaban J connectivity index is 1.22. The summed E-state index contributed by atoms with van der Waals surface area (Å²) in [6, 6.07) is 0.866. The fourth-order valence-corrected chi connectivity index (χ4v) is 6.00. The summed E-state index contributed by atoms with van der Waals surface area (Å²) in [5.74, 6) is 3.26. The summed E-state index contributed by atoms with van der Waals surface area (Å²) in [7, 11) is 0. The van der Waals surface area contributed by atoms with Gasteiger partial charge in [-0.15, -0.1) is 0 Å². The molecule has 2 bridgehead atoms. The Kier molecular flexibility index (Phi) is 3.38. The lowest BCUT2D eigenvalue weighted by atomic mass is 9.71. The first-order valence-electron chi connectivity index (χ1n) is 9.06. The molecule has 0 aromatic rings. The van der Waals surface area contributed by atoms with Gasteiger partial charge in [-0.05, 0) is 87.5 Å². The molecule has 0 aromatic carbocycles. The minimum absolute atomic E-state index is 0.810. The van der Waals surface area contributed by atoms with Crippen molar-refractivity contribution < 1.29 is 0 Å². The molecule has 1 nitrogen and oxygen atoms in total. The molecule has 4 fully saturated rings. The molecule has 1 N–H and O–H groups in total. The molecule has 0 amide bonds. The van der Waals surface area contributed by atoms with Crippen molar-refractivity contribution in [1.82, 2.24) is 5.32 Å². The van der Waals surface area contributed by atoms with Gasteiger partial charge < -0.3 is 5.32 Å². The van der Waals surface area contributed by atoms with E-state index >= 15 is 0 Å². The predicted molar refractivity (Wildman–Crippen MR) is 80.1 cm³/mol. The molecule has 4 rings (SSSR count). The van der Waals surface area contributed by atoms with E-state index in [2.05, 4.69) is 5.32 Å². The zero-order valence-corrected chi connectivity index (χ0v) is 12.5.